The number of hydrogen-bond acceptors (Lipinski definition) is 6. The van der Waals surface area contributed by atoms with Gasteiger partial charge in [-0.25, -0.2) is 8.42 Å². The van der Waals surface area contributed by atoms with Crippen molar-refractivity contribution >= 4 is 38.6 Å². The third-order valence-corrected chi connectivity index (χ3v) is 8.97. The Kier molecular flexibility index (Phi) is 5.00. The number of piperazine rings is 1. The van der Waals surface area contributed by atoms with Gasteiger partial charge in [0.2, 0.25) is 0 Å². The van der Waals surface area contributed by atoms with Gasteiger partial charge < -0.3 is 14.5 Å². The molecule has 28 heavy (non-hydrogen) atoms. The molecule has 1 fully saturated rings. The highest BCUT2D eigenvalue weighted by Gasteiger charge is 2.33. The van der Waals surface area contributed by atoms with Crippen LogP contribution in [0.4, 0.5) is 0 Å². The fourth-order valence-electron chi connectivity index (χ4n) is 3.19. The van der Waals surface area contributed by atoms with E-state index >= 15 is 0 Å². The van der Waals surface area contributed by atoms with Crippen LogP contribution in [0, 0.1) is 6.92 Å². The van der Waals surface area contributed by atoms with Crippen LogP contribution in [-0.4, -0.2) is 59.3 Å². The van der Waals surface area contributed by atoms with E-state index < -0.39 is 10.0 Å². The summed E-state index contributed by atoms with van der Waals surface area (Å²) in [5, 5.41) is 1.87. The molecule has 4 heterocycles. The molecule has 148 valence electrons. The van der Waals surface area contributed by atoms with Gasteiger partial charge in [-0.1, -0.05) is 11.3 Å². The van der Waals surface area contributed by atoms with Crippen molar-refractivity contribution in [2.75, 3.05) is 26.2 Å². The summed E-state index contributed by atoms with van der Waals surface area (Å²) in [6.07, 6.45) is 3.77. The van der Waals surface area contributed by atoms with Gasteiger partial charge in [0, 0.05) is 44.3 Å². The highest BCUT2D eigenvalue weighted by molar-refractivity contribution is 7.91. The monoisotopic (exact) mass is 438 g/mol. The third-order valence-electron chi connectivity index (χ3n) is 4.60. The molecule has 11 heteroatoms. The molecule has 0 atom stereocenters. The minimum Gasteiger partial charge on any atom is -0.335 e. The van der Waals surface area contributed by atoms with Crippen molar-refractivity contribution < 1.29 is 13.2 Å². The second-order valence-corrected chi connectivity index (χ2v) is 10.4. The molecular weight excluding hydrogens is 420 g/mol. The largest absolute Gasteiger partial charge is 0.335 e. The quantitative estimate of drug-likeness (QED) is 0.671. The molecule has 1 saturated heterocycles. The van der Waals surface area contributed by atoms with Crippen molar-refractivity contribution in [2.24, 2.45) is 0 Å². The molecule has 1 aliphatic heterocycles. The summed E-state index contributed by atoms with van der Waals surface area (Å²) < 4.78 is 28.9. The Bertz CT molecular complexity index is 1150. The molecule has 8 nitrogen and oxygen atoms in total. The average molecular weight is 439 g/mol. The number of H-pyrrole nitrogens is 1. The molecule has 3 aromatic rings. The van der Waals surface area contributed by atoms with E-state index in [4.69, 9.17) is 0 Å². The molecule has 1 N–H and O–H groups in total. The summed E-state index contributed by atoms with van der Waals surface area (Å²) >= 11 is 2.07. The fraction of sp³-hybridized carbons (Fsp3) is 0.294. The Morgan fingerprint density at radius 2 is 1.82 bits per heavy atom. The summed E-state index contributed by atoms with van der Waals surface area (Å²) in [6.45, 7) is 2.58. The van der Waals surface area contributed by atoms with E-state index in [1.807, 2.05) is 40.5 Å². The first kappa shape index (κ1) is 19.1. The molecular formula is C17H18N4O4S3. The Hall–Kier alpha value is -2.21. The second-order valence-electron chi connectivity index (χ2n) is 6.35. The number of carbonyl (C=O) groups is 1. The lowest BCUT2D eigenvalue weighted by atomic mass is 10.3. The van der Waals surface area contributed by atoms with Crippen LogP contribution in [0.1, 0.15) is 15.4 Å². The topological polar surface area (TPSA) is 95.5 Å². The van der Waals surface area contributed by atoms with Crippen molar-refractivity contribution in [3.8, 4) is 5.69 Å². The standard InChI is InChI=1S/C17H18N4O4S3/c1-12-16(27-17(23)18-12)28(24,25)21-9-7-20(8-10-21)15(22)14-13(4-11-26-14)19-5-2-3-6-19/h2-6,11H,7-10H2,1H3,(H,18,23). The third kappa shape index (κ3) is 3.34. The van der Waals surface area contributed by atoms with Gasteiger partial charge in [-0.05, 0) is 30.5 Å². The smallest absolute Gasteiger partial charge is 0.305 e. The number of thiazole rings is 1. The molecule has 1 aliphatic rings. The summed E-state index contributed by atoms with van der Waals surface area (Å²) in [4.78, 5) is 28.9. The lowest BCUT2D eigenvalue weighted by Crippen LogP contribution is -2.50. The van der Waals surface area contributed by atoms with Gasteiger partial charge in [0.05, 0.1) is 5.69 Å². The molecule has 0 aliphatic carbocycles. The van der Waals surface area contributed by atoms with Gasteiger partial charge in [-0.2, -0.15) is 4.31 Å². The highest BCUT2D eigenvalue weighted by atomic mass is 32.2. The first-order valence-electron chi connectivity index (χ1n) is 8.58. The van der Waals surface area contributed by atoms with E-state index in [1.54, 1.807) is 11.8 Å². The zero-order chi connectivity index (χ0) is 19.9. The van der Waals surface area contributed by atoms with Crippen LogP contribution in [0.5, 0.6) is 0 Å². The van der Waals surface area contributed by atoms with E-state index in [-0.39, 0.29) is 28.1 Å². The van der Waals surface area contributed by atoms with E-state index in [1.165, 1.54) is 15.6 Å². The lowest BCUT2D eigenvalue weighted by molar-refractivity contribution is 0.0703. The number of aromatic nitrogens is 2. The fourth-order valence-corrected chi connectivity index (χ4v) is 6.90. The van der Waals surface area contributed by atoms with Crippen LogP contribution >= 0.6 is 22.7 Å². The molecule has 0 spiro atoms. The van der Waals surface area contributed by atoms with Crippen molar-refractivity contribution in [2.45, 2.75) is 11.1 Å². The Morgan fingerprint density at radius 1 is 1.14 bits per heavy atom. The van der Waals surface area contributed by atoms with Crippen molar-refractivity contribution in [1.29, 1.82) is 0 Å². The Morgan fingerprint density at radius 3 is 2.43 bits per heavy atom. The number of rotatable bonds is 4. The minimum atomic E-state index is -3.74. The summed E-state index contributed by atoms with van der Waals surface area (Å²) in [6, 6.07) is 5.69. The summed E-state index contributed by atoms with van der Waals surface area (Å²) in [5.74, 6) is -0.0989. The van der Waals surface area contributed by atoms with Gasteiger partial charge in [0.15, 0.2) is 4.21 Å². The molecule has 3 aromatic heterocycles. The maximum atomic E-state index is 13.0. The van der Waals surface area contributed by atoms with Crippen molar-refractivity contribution in [3.05, 3.63) is 56.2 Å². The van der Waals surface area contributed by atoms with Gasteiger partial charge in [-0.3, -0.25) is 9.59 Å². The van der Waals surface area contributed by atoms with E-state index in [0.717, 1.165) is 5.69 Å². The number of aryl methyl sites for hydroxylation is 1. The van der Waals surface area contributed by atoms with Crippen LogP contribution in [-0.2, 0) is 10.0 Å². The van der Waals surface area contributed by atoms with Gasteiger partial charge in [0.1, 0.15) is 4.88 Å². The maximum absolute atomic E-state index is 13.0. The second kappa shape index (κ2) is 7.32. The number of aromatic amines is 1. The molecule has 0 bridgehead atoms. The first-order valence-corrected chi connectivity index (χ1v) is 11.7. The summed E-state index contributed by atoms with van der Waals surface area (Å²) in [5.41, 5.74) is 1.17. The number of nitrogens with zero attached hydrogens (tertiary/aromatic N) is 3. The average Bonchev–Trinajstić information content (AvgIpc) is 3.41. The molecule has 1 amide bonds. The van der Waals surface area contributed by atoms with Gasteiger partial charge >= 0.3 is 4.87 Å². The van der Waals surface area contributed by atoms with Crippen LogP contribution in [0.25, 0.3) is 5.69 Å². The highest BCUT2D eigenvalue weighted by Crippen LogP contribution is 2.26. The lowest BCUT2D eigenvalue weighted by Gasteiger charge is -2.33. The maximum Gasteiger partial charge on any atom is 0.305 e. The van der Waals surface area contributed by atoms with E-state index in [9.17, 15) is 18.0 Å². The number of amides is 1. The first-order chi connectivity index (χ1) is 13.4. The van der Waals surface area contributed by atoms with Crippen LogP contribution in [0.3, 0.4) is 0 Å². The Balaban J connectivity index is 1.49. The van der Waals surface area contributed by atoms with Crippen LogP contribution in [0.15, 0.2) is 45.0 Å². The molecule has 0 unspecified atom stereocenters. The van der Waals surface area contributed by atoms with Crippen LogP contribution in [0.2, 0.25) is 0 Å². The number of carbonyl (C=O) groups excluding carboxylic acids is 1. The number of hydrogen-bond donors (Lipinski definition) is 1. The number of sulfonamides is 1. The minimum absolute atomic E-state index is 0.0467. The van der Waals surface area contributed by atoms with E-state index in [2.05, 4.69) is 4.98 Å². The van der Waals surface area contributed by atoms with Gasteiger partial charge in [-0.15, -0.1) is 11.3 Å². The van der Waals surface area contributed by atoms with E-state index in [0.29, 0.717) is 35.0 Å². The van der Waals surface area contributed by atoms with Crippen molar-refractivity contribution in [1.82, 2.24) is 18.8 Å². The number of thiophene rings is 1. The predicted molar refractivity (Wildman–Crippen MR) is 108 cm³/mol. The molecule has 0 aromatic carbocycles. The van der Waals surface area contributed by atoms with Gasteiger partial charge in [0.25, 0.3) is 15.9 Å². The normalized spacial score (nSPS) is 15.8. The predicted octanol–water partition coefficient (Wildman–Crippen LogP) is 1.74. The number of nitrogens with one attached hydrogen (secondary N) is 1. The molecule has 0 radical (unpaired) electrons. The zero-order valence-corrected chi connectivity index (χ0v) is 17.4. The zero-order valence-electron chi connectivity index (χ0n) is 15.0. The molecule has 4 rings (SSSR count). The van der Waals surface area contributed by atoms with Crippen molar-refractivity contribution in [3.63, 3.8) is 0 Å². The SMILES string of the molecule is Cc1[nH]c(=O)sc1S(=O)(=O)N1CCN(C(=O)c2sccc2-n2cccc2)CC1. The molecule has 0 saturated carbocycles. The summed E-state index contributed by atoms with van der Waals surface area (Å²) in [7, 11) is -3.74. The van der Waals surface area contributed by atoms with Crippen LogP contribution < -0.4 is 4.87 Å². The Labute approximate surface area is 169 Å².